The van der Waals surface area contributed by atoms with Gasteiger partial charge in [0.05, 0.1) is 11.8 Å². The van der Waals surface area contributed by atoms with E-state index in [1.54, 1.807) is 12.7 Å². The highest BCUT2D eigenvalue weighted by molar-refractivity contribution is 6.70. The van der Waals surface area contributed by atoms with Crippen molar-refractivity contribution in [2.45, 2.75) is 70.7 Å². The molecule has 1 aromatic rings. The summed E-state index contributed by atoms with van der Waals surface area (Å²) in [6, 6.07) is 6.87. The van der Waals surface area contributed by atoms with Gasteiger partial charge in [-0.3, -0.25) is 0 Å². The summed E-state index contributed by atoms with van der Waals surface area (Å²) in [6.45, 7) is 9.13. The first-order valence-corrected chi connectivity index (χ1v) is 14.1. The normalized spacial score (nSPS) is 35.9. The lowest BCUT2D eigenvalue weighted by Gasteiger charge is -2.50. The van der Waals surface area contributed by atoms with Crippen LogP contribution in [0.4, 0.5) is 0 Å². The van der Waals surface area contributed by atoms with Crippen molar-refractivity contribution in [3.8, 4) is 5.75 Å². The summed E-state index contributed by atoms with van der Waals surface area (Å²) in [5, 5.41) is 4.43. The SMILES string of the molecule is CON=C1CC(OC)C2C3CCc4cc(O[Si](C)(C)C)ccc4C3CCC12C. The molecular formula is C23H35NO3Si. The van der Waals surface area contributed by atoms with Gasteiger partial charge in [0.1, 0.15) is 12.9 Å². The van der Waals surface area contributed by atoms with Crippen molar-refractivity contribution < 1.29 is 14.0 Å². The van der Waals surface area contributed by atoms with Crippen LogP contribution < -0.4 is 4.43 Å². The van der Waals surface area contributed by atoms with Crippen LogP contribution in [-0.2, 0) is 16.0 Å². The Hall–Kier alpha value is -1.33. The van der Waals surface area contributed by atoms with E-state index in [0.29, 0.717) is 17.8 Å². The molecule has 154 valence electrons. The Bertz CT molecular complexity index is 772. The van der Waals surface area contributed by atoms with Gasteiger partial charge >= 0.3 is 0 Å². The van der Waals surface area contributed by atoms with E-state index in [1.165, 1.54) is 24.1 Å². The molecule has 0 saturated heterocycles. The topological polar surface area (TPSA) is 40.0 Å². The third-order valence-corrected chi connectivity index (χ3v) is 8.18. The van der Waals surface area contributed by atoms with Crippen LogP contribution in [0.25, 0.3) is 0 Å². The number of rotatable bonds is 4. The predicted octanol–water partition coefficient (Wildman–Crippen LogP) is 5.38. The highest BCUT2D eigenvalue weighted by Crippen LogP contribution is 2.60. The summed E-state index contributed by atoms with van der Waals surface area (Å²) in [4.78, 5) is 5.20. The van der Waals surface area contributed by atoms with Crippen LogP contribution in [0.5, 0.6) is 5.75 Å². The molecule has 1 aromatic carbocycles. The first-order valence-electron chi connectivity index (χ1n) is 10.7. The fraction of sp³-hybridized carbons (Fsp3) is 0.696. The fourth-order valence-electron chi connectivity index (χ4n) is 6.28. The van der Waals surface area contributed by atoms with Crippen LogP contribution >= 0.6 is 0 Å². The number of hydrogen-bond donors (Lipinski definition) is 0. The Morgan fingerprint density at radius 3 is 2.61 bits per heavy atom. The van der Waals surface area contributed by atoms with E-state index >= 15 is 0 Å². The second-order valence-corrected chi connectivity index (χ2v) is 14.5. The molecule has 2 saturated carbocycles. The maximum Gasteiger partial charge on any atom is 0.242 e. The van der Waals surface area contributed by atoms with Crippen molar-refractivity contribution in [2.24, 2.45) is 22.4 Å². The Morgan fingerprint density at radius 1 is 1.14 bits per heavy atom. The van der Waals surface area contributed by atoms with Crippen LogP contribution in [0.3, 0.4) is 0 Å². The molecule has 0 radical (unpaired) electrons. The Labute approximate surface area is 170 Å². The van der Waals surface area contributed by atoms with Crippen molar-refractivity contribution in [1.29, 1.82) is 0 Å². The minimum absolute atomic E-state index is 0.107. The van der Waals surface area contributed by atoms with Gasteiger partial charge in [-0.2, -0.15) is 0 Å². The minimum atomic E-state index is -1.58. The quantitative estimate of drug-likeness (QED) is 0.502. The molecule has 2 fully saturated rings. The van der Waals surface area contributed by atoms with E-state index in [-0.39, 0.29) is 11.5 Å². The summed E-state index contributed by atoms with van der Waals surface area (Å²) < 4.78 is 12.2. The van der Waals surface area contributed by atoms with Gasteiger partial charge < -0.3 is 14.0 Å². The van der Waals surface area contributed by atoms with Gasteiger partial charge in [-0.05, 0) is 86.3 Å². The maximum atomic E-state index is 6.25. The first kappa shape index (κ1) is 20.0. The lowest BCUT2D eigenvalue weighted by molar-refractivity contribution is -0.0221. The fourth-order valence-corrected chi connectivity index (χ4v) is 7.11. The highest BCUT2D eigenvalue weighted by atomic mass is 28.4. The van der Waals surface area contributed by atoms with Crippen LogP contribution in [0.2, 0.25) is 19.6 Å². The summed E-state index contributed by atoms with van der Waals surface area (Å²) >= 11 is 0. The molecule has 3 aliphatic rings. The number of ether oxygens (including phenoxy) is 1. The molecule has 0 bridgehead atoms. The van der Waals surface area contributed by atoms with Gasteiger partial charge in [0.2, 0.25) is 8.32 Å². The molecule has 3 aliphatic carbocycles. The molecule has 0 heterocycles. The number of fused-ring (bicyclic) bond motifs is 5. The molecule has 5 heteroatoms. The zero-order chi connectivity index (χ0) is 20.1. The minimum Gasteiger partial charge on any atom is -0.544 e. The zero-order valence-corrected chi connectivity index (χ0v) is 19.2. The predicted molar refractivity (Wildman–Crippen MR) is 116 cm³/mol. The standard InChI is InChI=1S/C23H35NO3Si/c1-23-12-11-18-17-10-8-16(27-28(4,5)6)13-15(17)7-9-19(18)22(23)20(25-2)14-21(23)24-26-3/h8,10,13,18-20,22H,7,9,11-12,14H2,1-6H3. The van der Waals surface area contributed by atoms with Gasteiger partial charge in [-0.15, -0.1) is 0 Å². The first-order chi connectivity index (χ1) is 13.3. The van der Waals surface area contributed by atoms with Crippen LogP contribution in [0.15, 0.2) is 23.4 Å². The molecule has 0 aromatic heterocycles. The van der Waals surface area contributed by atoms with Crippen molar-refractivity contribution in [2.75, 3.05) is 14.2 Å². The van der Waals surface area contributed by atoms with Crippen molar-refractivity contribution >= 4 is 14.0 Å². The number of hydrogen-bond acceptors (Lipinski definition) is 4. The van der Waals surface area contributed by atoms with E-state index < -0.39 is 8.32 Å². The molecular weight excluding hydrogens is 366 g/mol. The molecule has 0 aliphatic heterocycles. The summed E-state index contributed by atoms with van der Waals surface area (Å²) in [5.74, 6) is 2.87. The third-order valence-electron chi connectivity index (χ3n) is 7.33. The summed E-state index contributed by atoms with van der Waals surface area (Å²) in [6.07, 6.45) is 5.91. The van der Waals surface area contributed by atoms with Gasteiger partial charge in [0.25, 0.3) is 0 Å². The van der Waals surface area contributed by atoms with E-state index in [4.69, 9.17) is 14.0 Å². The summed E-state index contributed by atoms with van der Waals surface area (Å²) in [7, 11) is 1.95. The maximum absolute atomic E-state index is 6.25. The van der Waals surface area contributed by atoms with Gasteiger partial charge in [0.15, 0.2) is 0 Å². The van der Waals surface area contributed by atoms with Crippen molar-refractivity contribution in [3.63, 3.8) is 0 Å². The number of aryl methyl sites for hydroxylation is 1. The highest BCUT2D eigenvalue weighted by Gasteiger charge is 2.58. The summed E-state index contributed by atoms with van der Waals surface area (Å²) in [5.41, 5.74) is 4.36. The molecule has 0 N–H and O–H groups in total. The smallest absolute Gasteiger partial charge is 0.242 e. The molecule has 5 unspecified atom stereocenters. The average Bonchev–Trinajstić information content (AvgIpc) is 2.92. The number of nitrogens with zero attached hydrogens (tertiary/aromatic N) is 1. The largest absolute Gasteiger partial charge is 0.544 e. The number of methoxy groups -OCH3 is 1. The molecule has 0 spiro atoms. The molecule has 5 atom stereocenters. The van der Waals surface area contributed by atoms with Gasteiger partial charge in [-0.25, -0.2) is 0 Å². The lowest BCUT2D eigenvalue weighted by Crippen LogP contribution is -2.45. The number of oxime groups is 1. The van der Waals surface area contributed by atoms with Crippen LogP contribution in [-0.4, -0.2) is 34.4 Å². The zero-order valence-electron chi connectivity index (χ0n) is 18.2. The van der Waals surface area contributed by atoms with Crippen molar-refractivity contribution in [1.82, 2.24) is 0 Å². The third kappa shape index (κ3) is 3.30. The van der Waals surface area contributed by atoms with Crippen LogP contribution in [0, 0.1) is 17.3 Å². The molecule has 4 rings (SSSR count). The van der Waals surface area contributed by atoms with Gasteiger partial charge in [0, 0.05) is 18.9 Å². The second kappa shape index (κ2) is 7.17. The molecule has 0 amide bonds. The molecule has 28 heavy (non-hydrogen) atoms. The Kier molecular flexibility index (Phi) is 5.11. The van der Waals surface area contributed by atoms with Crippen molar-refractivity contribution in [3.05, 3.63) is 29.3 Å². The Morgan fingerprint density at radius 2 is 1.93 bits per heavy atom. The van der Waals surface area contributed by atoms with E-state index in [1.807, 2.05) is 7.11 Å². The van der Waals surface area contributed by atoms with Crippen LogP contribution in [0.1, 0.15) is 49.7 Å². The van der Waals surface area contributed by atoms with E-state index in [9.17, 15) is 0 Å². The molecule has 4 nitrogen and oxygen atoms in total. The second-order valence-electron chi connectivity index (χ2n) is 10.1. The van der Waals surface area contributed by atoms with E-state index in [0.717, 1.165) is 25.0 Å². The van der Waals surface area contributed by atoms with E-state index in [2.05, 4.69) is 49.9 Å². The lowest BCUT2D eigenvalue weighted by atomic mass is 9.55. The average molecular weight is 402 g/mol. The monoisotopic (exact) mass is 401 g/mol. The van der Waals surface area contributed by atoms with Gasteiger partial charge in [-0.1, -0.05) is 18.1 Å². The number of benzene rings is 1. The Balaban J connectivity index is 1.65.